The molecule has 2 atom stereocenters. The Balaban J connectivity index is 1.65. The number of rotatable bonds is 4. The zero-order chi connectivity index (χ0) is 19.0. The van der Waals surface area contributed by atoms with Gasteiger partial charge in [0.2, 0.25) is 0 Å². The van der Waals surface area contributed by atoms with Gasteiger partial charge < -0.3 is 19.4 Å². The van der Waals surface area contributed by atoms with Crippen LogP contribution in [0.3, 0.4) is 0 Å². The van der Waals surface area contributed by atoms with E-state index >= 15 is 0 Å². The molecule has 0 bridgehead atoms. The van der Waals surface area contributed by atoms with Gasteiger partial charge in [0.25, 0.3) is 5.56 Å². The van der Waals surface area contributed by atoms with Crippen molar-refractivity contribution in [3.63, 3.8) is 0 Å². The third-order valence-corrected chi connectivity index (χ3v) is 5.49. The van der Waals surface area contributed by atoms with E-state index in [1.807, 2.05) is 18.2 Å². The van der Waals surface area contributed by atoms with E-state index in [4.69, 9.17) is 14.5 Å². The SMILES string of the molecule is COc1cc2c(cc1OC)C[NH+]([C@H](C)c1nc3ccccc3c(=O)[nH]1)CC2. The molecule has 6 heteroatoms. The van der Waals surface area contributed by atoms with E-state index in [2.05, 4.69) is 24.0 Å². The first-order valence-corrected chi connectivity index (χ1v) is 9.18. The largest absolute Gasteiger partial charge is 0.493 e. The topological polar surface area (TPSA) is 68.7 Å². The fourth-order valence-electron chi connectivity index (χ4n) is 3.86. The molecule has 0 fully saturated rings. The summed E-state index contributed by atoms with van der Waals surface area (Å²) in [6.07, 6.45) is 0.952. The van der Waals surface area contributed by atoms with Crippen molar-refractivity contribution in [3.8, 4) is 11.5 Å². The van der Waals surface area contributed by atoms with Crippen LogP contribution in [0.2, 0.25) is 0 Å². The molecule has 0 saturated carbocycles. The third kappa shape index (κ3) is 3.17. The molecular formula is C21H24N3O3+. The second-order valence-corrected chi connectivity index (χ2v) is 7.00. The van der Waals surface area contributed by atoms with Crippen molar-refractivity contribution in [2.45, 2.75) is 25.9 Å². The van der Waals surface area contributed by atoms with Crippen LogP contribution in [0.25, 0.3) is 10.9 Å². The maximum Gasteiger partial charge on any atom is 0.258 e. The summed E-state index contributed by atoms with van der Waals surface area (Å²) in [5.41, 5.74) is 3.21. The second kappa shape index (κ2) is 7.04. The Bertz CT molecular complexity index is 1040. The first-order chi connectivity index (χ1) is 13.1. The number of quaternary nitrogens is 1. The van der Waals surface area contributed by atoms with Gasteiger partial charge in [-0.25, -0.2) is 4.98 Å². The van der Waals surface area contributed by atoms with Gasteiger partial charge in [-0.2, -0.15) is 0 Å². The maximum absolute atomic E-state index is 12.4. The summed E-state index contributed by atoms with van der Waals surface area (Å²) in [7, 11) is 3.32. The van der Waals surface area contributed by atoms with Crippen molar-refractivity contribution in [3.05, 3.63) is 63.7 Å². The first kappa shape index (κ1) is 17.5. The lowest BCUT2D eigenvalue weighted by molar-refractivity contribution is -0.945. The van der Waals surface area contributed by atoms with E-state index in [9.17, 15) is 4.79 Å². The molecule has 1 unspecified atom stereocenters. The van der Waals surface area contributed by atoms with Crippen LogP contribution >= 0.6 is 0 Å². The summed E-state index contributed by atoms with van der Waals surface area (Å²) >= 11 is 0. The quantitative estimate of drug-likeness (QED) is 0.737. The Morgan fingerprint density at radius 2 is 1.81 bits per heavy atom. The van der Waals surface area contributed by atoms with E-state index in [-0.39, 0.29) is 11.6 Å². The van der Waals surface area contributed by atoms with Crippen molar-refractivity contribution in [1.82, 2.24) is 9.97 Å². The highest BCUT2D eigenvalue weighted by Gasteiger charge is 2.28. The van der Waals surface area contributed by atoms with Crippen LogP contribution in [-0.2, 0) is 13.0 Å². The van der Waals surface area contributed by atoms with Gasteiger partial charge in [-0.1, -0.05) is 12.1 Å². The monoisotopic (exact) mass is 366 g/mol. The molecule has 2 aromatic carbocycles. The van der Waals surface area contributed by atoms with Crippen molar-refractivity contribution in [1.29, 1.82) is 0 Å². The number of ether oxygens (including phenoxy) is 2. The number of hydrogen-bond acceptors (Lipinski definition) is 4. The molecule has 0 spiro atoms. The summed E-state index contributed by atoms with van der Waals surface area (Å²) in [5, 5.41) is 0.629. The molecule has 0 saturated heterocycles. The first-order valence-electron chi connectivity index (χ1n) is 9.18. The lowest BCUT2D eigenvalue weighted by Crippen LogP contribution is -3.11. The zero-order valence-electron chi connectivity index (χ0n) is 15.8. The van der Waals surface area contributed by atoms with Crippen LogP contribution in [0.1, 0.15) is 29.9 Å². The molecule has 27 heavy (non-hydrogen) atoms. The lowest BCUT2D eigenvalue weighted by Gasteiger charge is -2.30. The van der Waals surface area contributed by atoms with E-state index in [0.29, 0.717) is 5.39 Å². The number of aromatic amines is 1. The van der Waals surface area contributed by atoms with Crippen LogP contribution in [0.5, 0.6) is 11.5 Å². The molecule has 4 rings (SSSR count). The Labute approximate surface area is 157 Å². The number of nitrogens with zero attached hydrogens (tertiary/aromatic N) is 1. The molecule has 6 nitrogen and oxygen atoms in total. The fraction of sp³-hybridized carbons (Fsp3) is 0.333. The number of fused-ring (bicyclic) bond motifs is 2. The number of nitrogens with one attached hydrogen (secondary N) is 2. The summed E-state index contributed by atoms with van der Waals surface area (Å²) in [4.78, 5) is 21.5. The van der Waals surface area contributed by atoms with Crippen LogP contribution in [-0.4, -0.2) is 30.7 Å². The van der Waals surface area contributed by atoms with Gasteiger partial charge in [-0.05, 0) is 36.8 Å². The number of para-hydroxylation sites is 1. The van der Waals surface area contributed by atoms with Gasteiger partial charge in [0, 0.05) is 12.0 Å². The highest BCUT2D eigenvalue weighted by molar-refractivity contribution is 5.77. The van der Waals surface area contributed by atoms with Gasteiger partial charge in [0.15, 0.2) is 17.3 Å². The molecule has 0 amide bonds. The number of benzene rings is 2. The predicted molar refractivity (Wildman–Crippen MR) is 104 cm³/mol. The molecule has 2 N–H and O–H groups in total. The van der Waals surface area contributed by atoms with E-state index in [1.54, 1.807) is 20.3 Å². The maximum atomic E-state index is 12.4. The van der Waals surface area contributed by atoms with Crippen molar-refractivity contribution >= 4 is 10.9 Å². The van der Waals surface area contributed by atoms with Gasteiger partial charge in [-0.15, -0.1) is 0 Å². The summed E-state index contributed by atoms with van der Waals surface area (Å²) in [6, 6.07) is 11.7. The third-order valence-electron chi connectivity index (χ3n) is 5.49. The predicted octanol–water partition coefficient (Wildman–Crippen LogP) is 1.64. The second-order valence-electron chi connectivity index (χ2n) is 7.00. The molecule has 3 aromatic rings. The van der Waals surface area contributed by atoms with Crippen molar-refractivity contribution < 1.29 is 14.4 Å². The average Bonchev–Trinajstić information content (AvgIpc) is 2.71. The van der Waals surface area contributed by atoms with Gasteiger partial charge in [0.1, 0.15) is 12.6 Å². The minimum absolute atomic E-state index is 0.0781. The minimum Gasteiger partial charge on any atom is -0.493 e. The molecule has 140 valence electrons. The number of aromatic nitrogens is 2. The molecule has 1 aromatic heterocycles. The van der Waals surface area contributed by atoms with Gasteiger partial charge >= 0.3 is 0 Å². The minimum atomic E-state index is -0.0781. The smallest absolute Gasteiger partial charge is 0.258 e. The van der Waals surface area contributed by atoms with E-state index in [0.717, 1.165) is 42.4 Å². The Morgan fingerprint density at radius 3 is 2.56 bits per heavy atom. The summed E-state index contributed by atoms with van der Waals surface area (Å²) in [5.74, 6) is 2.26. The molecule has 0 aliphatic carbocycles. The number of H-pyrrole nitrogens is 1. The number of hydrogen-bond donors (Lipinski definition) is 2. The van der Waals surface area contributed by atoms with Gasteiger partial charge in [-0.3, -0.25) is 4.79 Å². The van der Waals surface area contributed by atoms with Crippen molar-refractivity contribution in [2.24, 2.45) is 0 Å². The molecular weight excluding hydrogens is 342 g/mol. The van der Waals surface area contributed by atoms with Crippen molar-refractivity contribution in [2.75, 3.05) is 20.8 Å². The molecule has 1 aliphatic rings. The standard InChI is InChI=1S/C21H23N3O3/c1-13(20-22-17-7-5-4-6-16(17)21(25)23-20)24-9-8-14-10-18(26-2)19(27-3)11-15(14)12-24/h4-7,10-11,13H,8-9,12H2,1-3H3,(H,22,23,25)/p+1/t13-/m1/s1. The Kier molecular flexibility index (Phi) is 4.58. The Morgan fingerprint density at radius 1 is 1.11 bits per heavy atom. The highest BCUT2D eigenvalue weighted by Crippen LogP contribution is 2.31. The lowest BCUT2D eigenvalue weighted by atomic mass is 9.97. The number of methoxy groups -OCH3 is 2. The fourth-order valence-corrected chi connectivity index (χ4v) is 3.86. The van der Waals surface area contributed by atoms with E-state index < -0.39 is 0 Å². The van der Waals surface area contributed by atoms with Crippen LogP contribution < -0.4 is 19.9 Å². The van der Waals surface area contributed by atoms with Crippen LogP contribution in [0.4, 0.5) is 0 Å². The highest BCUT2D eigenvalue weighted by atomic mass is 16.5. The molecule has 0 radical (unpaired) electrons. The average molecular weight is 366 g/mol. The summed E-state index contributed by atoms with van der Waals surface area (Å²) < 4.78 is 10.9. The van der Waals surface area contributed by atoms with E-state index in [1.165, 1.54) is 16.0 Å². The normalized spacial score (nSPS) is 17.4. The molecule has 1 aliphatic heterocycles. The Hall–Kier alpha value is -2.86. The van der Waals surface area contributed by atoms with Gasteiger partial charge in [0.05, 0.1) is 31.7 Å². The molecule has 2 heterocycles. The van der Waals surface area contributed by atoms with Crippen LogP contribution in [0.15, 0.2) is 41.2 Å². The zero-order valence-corrected chi connectivity index (χ0v) is 15.8. The van der Waals surface area contributed by atoms with Crippen LogP contribution in [0, 0.1) is 0 Å². The summed E-state index contributed by atoms with van der Waals surface area (Å²) in [6.45, 7) is 3.95.